The van der Waals surface area contributed by atoms with Crippen LogP contribution in [0.25, 0.3) is 0 Å². The van der Waals surface area contributed by atoms with Crippen molar-refractivity contribution >= 4 is 11.6 Å². The van der Waals surface area contributed by atoms with Crippen molar-refractivity contribution in [2.75, 3.05) is 38.2 Å². The lowest BCUT2D eigenvalue weighted by molar-refractivity contribution is -0.131. The summed E-state index contributed by atoms with van der Waals surface area (Å²) in [6.45, 7) is 5.21. The van der Waals surface area contributed by atoms with E-state index in [0.717, 1.165) is 31.9 Å². The summed E-state index contributed by atoms with van der Waals surface area (Å²) in [5, 5.41) is 0. The van der Waals surface area contributed by atoms with Crippen LogP contribution in [-0.4, -0.2) is 49.1 Å². The summed E-state index contributed by atoms with van der Waals surface area (Å²) in [5.74, 6) is 0.862. The van der Waals surface area contributed by atoms with Crippen LogP contribution in [0.5, 0.6) is 5.88 Å². The number of pyridine rings is 1. The molecule has 1 saturated heterocycles. The first-order valence-electron chi connectivity index (χ1n) is 6.27. The first-order chi connectivity index (χ1) is 8.74. The van der Waals surface area contributed by atoms with E-state index >= 15 is 0 Å². The van der Waals surface area contributed by atoms with Crippen LogP contribution in [0.3, 0.4) is 0 Å². The molecule has 2 rings (SSSR count). The average Bonchev–Trinajstić information content (AvgIpc) is 2.47. The predicted molar refractivity (Wildman–Crippen MR) is 69.9 cm³/mol. The van der Waals surface area contributed by atoms with Crippen molar-refractivity contribution in [2.24, 2.45) is 0 Å². The number of anilines is 1. The van der Waals surface area contributed by atoms with Gasteiger partial charge >= 0.3 is 0 Å². The largest absolute Gasteiger partial charge is 0.481 e. The number of carbonyl (C=O) groups is 1. The molecule has 1 aromatic heterocycles. The van der Waals surface area contributed by atoms with E-state index < -0.39 is 0 Å². The van der Waals surface area contributed by atoms with Gasteiger partial charge in [-0.15, -0.1) is 0 Å². The van der Waals surface area contributed by atoms with Gasteiger partial charge < -0.3 is 14.5 Å². The summed E-state index contributed by atoms with van der Waals surface area (Å²) in [5.41, 5.74) is 1.08. The number of methoxy groups -OCH3 is 1. The molecule has 0 aromatic carbocycles. The van der Waals surface area contributed by atoms with Crippen LogP contribution in [0.15, 0.2) is 18.3 Å². The van der Waals surface area contributed by atoms with Crippen molar-refractivity contribution in [2.45, 2.75) is 13.3 Å². The van der Waals surface area contributed by atoms with E-state index in [9.17, 15) is 4.79 Å². The van der Waals surface area contributed by atoms with Gasteiger partial charge in [-0.1, -0.05) is 6.92 Å². The predicted octanol–water partition coefficient (Wildman–Crippen LogP) is 1.15. The molecule has 5 heteroatoms. The summed E-state index contributed by atoms with van der Waals surface area (Å²) in [4.78, 5) is 19.9. The lowest BCUT2D eigenvalue weighted by atomic mass is 10.2. The van der Waals surface area contributed by atoms with Gasteiger partial charge in [0.2, 0.25) is 11.8 Å². The van der Waals surface area contributed by atoms with Gasteiger partial charge in [0.15, 0.2) is 0 Å². The Labute approximate surface area is 107 Å². The Hall–Kier alpha value is -1.78. The van der Waals surface area contributed by atoms with Crippen molar-refractivity contribution in [1.82, 2.24) is 9.88 Å². The zero-order valence-corrected chi connectivity index (χ0v) is 10.9. The number of amides is 1. The molecule has 0 radical (unpaired) electrons. The van der Waals surface area contributed by atoms with Crippen LogP contribution in [0.2, 0.25) is 0 Å². The van der Waals surface area contributed by atoms with Crippen LogP contribution in [0.1, 0.15) is 13.3 Å². The molecule has 1 aliphatic rings. The standard InChI is InChI=1S/C13H19N3O2/c1-3-13(17)16-8-6-15(7-9-16)11-4-5-12(18-2)14-10-11/h4-5,10H,3,6-9H2,1-2H3. The minimum Gasteiger partial charge on any atom is -0.481 e. The first kappa shape index (κ1) is 12.7. The molecular formula is C13H19N3O2. The summed E-state index contributed by atoms with van der Waals surface area (Å²) in [6, 6.07) is 3.86. The molecule has 0 saturated carbocycles. The van der Waals surface area contributed by atoms with Gasteiger partial charge in [0.1, 0.15) is 0 Å². The Bertz CT molecular complexity index is 397. The first-order valence-corrected chi connectivity index (χ1v) is 6.27. The summed E-state index contributed by atoms with van der Waals surface area (Å²) in [6.07, 6.45) is 2.40. The third kappa shape index (κ3) is 2.72. The Kier molecular flexibility index (Phi) is 4.02. The van der Waals surface area contributed by atoms with Crippen LogP contribution >= 0.6 is 0 Å². The fourth-order valence-corrected chi connectivity index (χ4v) is 2.12. The molecule has 0 aliphatic carbocycles. The molecule has 98 valence electrons. The van der Waals surface area contributed by atoms with Crippen LogP contribution in [-0.2, 0) is 4.79 Å². The molecule has 0 unspecified atom stereocenters. The Morgan fingerprint density at radius 2 is 2.06 bits per heavy atom. The van der Waals surface area contributed by atoms with Gasteiger partial charge in [0.05, 0.1) is 19.0 Å². The number of hydrogen-bond donors (Lipinski definition) is 0. The lowest BCUT2D eigenvalue weighted by Crippen LogP contribution is -2.48. The fourth-order valence-electron chi connectivity index (χ4n) is 2.12. The minimum absolute atomic E-state index is 0.238. The van der Waals surface area contributed by atoms with Gasteiger partial charge in [-0.05, 0) is 6.07 Å². The van der Waals surface area contributed by atoms with Gasteiger partial charge in [0.25, 0.3) is 0 Å². The Morgan fingerprint density at radius 1 is 1.33 bits per heavy atom. The van der Waals surface area contributed by atoms with Crippen molar-refractivity contribution in [3.63, 3.8) is 0 Å². The van der Waals surface area contributed by atoms with E-state index in [2.05, 4.69) is 9.88 Å². The fraction of sp³-hybridized carbons (Fsp3) is 0.538. The Balaban J connectivity index is 1.94. The molecule has 2 heterocycles. The highest BCUT2D eigenvalue weighted by Gasteiger charge is 2.20. The maximum absolute atomic E-state index is 11.6. The highest BCUT2D eigenvalue weighted by Crippen LogP contribution is 2.18. The van der Waals surface area contributed by atoms with Crippen molar-refractivity contribution in [1.29, 1.82) is 0 Å². The SMILES string of the molecule is CCC(=O)N1CCN(c2ccc(OC)nc2)CC1. The van der Waals surface area contributed by atoms with E-state index in [4.69, 9.17) is 4.74 Å². The molecule has 1 amide bonds. The molecular weight excluding hydrogens is 230 g/mol. The maximum atomic E-state index is 11.6. The van der Waals surface area contributed by atoms with Crippen LogP contribution in [0, 0.1) is 0 Å². The number of ether oxygens (including phenoxy) is 1. The highest BCUT2D eigenvalue weighted by molar-refractivity contribution is 5.76. The molecule has 1 aromatic rings. The third-order valence-electron chi connectivity index (χ3n) is 3.23. The van der Waals surface area contributed by atoms with E-state index in [1.807, 2.05) is 30.2 Å². The second-order valence-corrected chi connectivity index (χ2v) is 4.28. The van der Waals surface area contributed by atoms with E-state index in [1.54, 1.807) is 7.11 Å². The monoisotopic (exact) mass is 249 g/mol. The van der Waals surface area contributed by atoms with E-state index in [0.29, 0.717) is 12.3 Å². The topological polar surface area (TPSA) is 45.7 Å². The van der Waals surface area contributed by atoms with Crippen LogP contribution in [0.4, 0.5) is 5.69 Å². The van der Waals surface area contributed by atoms with E-state index in [-0.39, 0.29) is 5.91 Å². The second kappa shape index (κ2) is 5.71. The summed E-state index contributed by atoms with van der Waals surface area (Å²) < 4.78 is 5.04. The molecule has 0 atom stereocenters. The number of rotatable bonds is 3. The number of piperazine rings is 1. The minimum atomic E-state index is 0.238. The highest BCUT2D eigenvalue weighted by atomic mass is 16.5. The molecule has 5 nitrogen and oxygen atoms in total. The summed E-state index contributed by atoms with van der Waals surface area (Å²) in [7, 11) is 1.61. The molecule has 0 bridgehead atoms. The smallest absolute Gasteiger partial charge is 0.222 e. The number of nitrogens with zero attached hydrogens (tertiary/aromatic N) is 3. The zero-order valence-electron chi connectivity index (χ0n) is 10.9. The maximum Gasteiger partial charge on any atom is 0.222 e. The zero-order chi connectivity index (χ0) is 13.0. The normalized spacial score (nSPS) is 15.7. The quantitative estimate of drug-likeness (QED) is 0.806. The summed E-state index contributed by atoms with van der Waals surface area (Å²) >= 11 is 0. The van der Waals surface area contributed by atoms with Crippen molar-refractivity contribution in [3.05, 3.63) is 18.3 Å². The van der Waals surface area contributed by atoms with Gasteiger partial charge in [-0.2, -0.15) is 0 Å². The number of hydrogen-bond acceptors (Lipinski definition) is 4. The molecule has 0 spiro atoms. The lowest BCUT2D eigenvalue weighted by Gasteiger charge is -2.35. The van der Waals surface area contributed by atoms with Gasteiger partial charge in [-0.25, -0.2) is 4.98 Å². The second-order valence-electron chi connectivity index (χ2n) is 4.28. The third-order valence-corrected chi connectivity index (χ3v) is 3.23. The van der Waals surface area contributed by atoms with Gasteiger partial charge in [0, 0.05) is 38.7 Å². The Morgan fingerprint density at radius 3 is 2.56 bits per heavy atom. The van der Waals surface area contributed by atoms with Crippen molar-refractivity contribution in [3.8, 4) is 5.88 Å². The number of aromatic nitrogens is 1. The van der Waals surface area contributed by atoms with Crippen LogP contribution < -0.4 is 9.64 Å². The van der Waals surface area contributed by atoms with E-state index in [1.165, 1.54) is 0 Å². The van der Waals surface area contributed by atoms with Gasteiger partial charge in [-0.3, -0.25) is 4.79 Å². The molecule has 18 heavy (non-hydrogen) atoms. The number of carbonyl (C=O) groups excluding carboxylic acids is 1. The molecule has 1 aliphatic heterocycles. The molecule has 1 fully saturated rings. The molecule has 0 N–H and O–H groups in total. The van der Waals surface area contributed by atoms with Crippen molar-refractivity contribution < 1.29 is 9.53 Å². The average molecular weight is 249 g/mol.